The predicted molar refractivity (Wildman–Crippen MR) is 187 cm³/mol. The Hall–Kier alpha value is -2.37. The molecule has 0 aromatic rings. The van der Waals surface area contributed by atoms with E-state index in [2.05, 4.69) is 50.3 Å². The van der Waals surface area contributed by atoms with E-state index in [4.69, 9.17) is 14.2 Å². The van der Waals surface area contributed by atoms with Crippen molar-refractivity contribution in [3.05, 3.63) is 36.5 Å². The van der Waals surface area contributed by atoms with E-state index in [0.29, 0.717) is 12.8 Å². The van der Waals surface area contributed by atoms with Gasteiger partial charge in [-0.05, 0) is 44.9 Å². The van der Waals surface area contributed by atoms with Gasteiger partial charge in [0.25, 0.3) is 0 Å². The monoisotopic (exact) mass is 633 g/mol. The van der Waals surface area contributed by atoms with Crippen molar-refractivity contribution in [3.63, 3.8) is 0 Å². The van der Waals surface area contributed by atoms with Crippen molar-refractivity contribution in [3.8, 4) is 0 Å². The van der Waals surface area contributed by atoms with Crippen molar-refractivity contribution >= 4 is 17.9 Å². The maximum absolute atomic E-state index is 12.4. The van der Waals surface area contributed by atoms with Gasteiger partial charge in [0.2, 0.25) is 0 Å². The SMILES string of the molecule is CC/C=C\C/C=C\C/C=C\CCCCCCCC(=O)O[C@H](COC(C)=O)COC(=O)CCCCCCCCCCCCCCC. The summed E-state index contributed by atoms with van der Waals surface area (Å²) in [4.78, 5) is 35.9. The lowest BCUT2D eigenvalue weighted by molar-refractivity contribution is -0.166. The Balaban J connectivity index is 3.90. The first-order valence-electron chi connectivity index (χ1n) is 18.4. The highest BCUT2D eigenvalue weighted by atomic mass is 16.6. The maximum atomic E-state index is 12.4. The summed E-state index contributed by atoms with van der Waals surface area (Å²) in [6, 6.07) is 0. The first kappa shape index (κ1) is 42.6. The molecular weight excluding hydrogens is 564 g/mol. The highest BCUT2D eigenvalue weighted by Gasteiger charge is 2.18. The van der Waals surface area contributed by atoms with Crippen LogP contribution in [0.15, 0.2) is 36.5 Å². The summed E-state index contributed by atoms with van der Waals surface area (Å²) < 4.78 is 15.9. The summed E-state index contributed by atoms with van der Waals surface area (Å²) in [6.07, 6.45) is 38.7. The molecule has 0 fully saturated rings. The predicted octanol–water partition coefficient (Wildman–Crippen LogP) is 11.1. The van der Waals surface area contributed by atoms with E-state index in [1.54, 1.807) is 0 Å². The van der Waals surface area contributed by atoms with E-state index in [1.807, 2.05) is 0 Å². The molecule has 0 aliphatic rings. The highest BCUT2D eigenvalue weighted by Crippen LogP contribution is 2.14. The van der Waals surface area contributed by atoms with Gasteiger partial charge in [-0.2, -0.15) is 0 Å². The van der Waals surface area contributed by atoms with Crippen LogP contribution in [0.4, 0.5) is 0 Å². The number of ether oxygens (including phenoxy) is 3. The van der Waals surface area contributed by atoms with E-state index >= 15 is 0 Å². The zero-order valence-corrected chi connectivity index (χ0v) is 29.4. The van der Waals surface area contributed by atoms with Crippen LogP contribution in [0.25, 0.3) is 0 Å². The van der Waals surface area contributed by atoms with E-state index in [-0.39, 0.29) is 25.2 Å². The number of allylic oxidation sites excluding steroid dienone is 6. The molecule has 0 bridgehead atoms. The Morgan fingerprint density at radius 3 is 1.49 bits per heavy atom. The number of unbranched alkanes of at least 4 members (excludes halogenated alkanes) is 17. The smallest absolute Gasteiger partial charge is 0.306 e. The molecule has 0 saturated heterocycles. The van der Waals surface area contributed by atoms with Gasteiger partial charge in [0.1, 0.15) is 13.2 Å². The zero-order valence-electron chi connectivity index (χ0n) is 29.4. The molecule has 6 heteroatoms. The number of hydrogen-bond donors (Lipinski definition) is 0. The lowest BCUT2D eigenvalue weighted by Gasteiger charge is -2.17. The first-order chi connectivity index (χ1) is 22.0. The van der Waals surface area contributed by atoms with Crippen LogP contribution in [0.3, 0.4) is 0 Å². The first-order valence-corrected chi connectivity index (χ1v) is 18.4. The van der Waals surface area contributed by atoms with Gasteiger partial charge < -0.3 is 14.2 Å². The van der Waals surface area contributed by atoms with Crippen LogP contribution in [0.5, 0.6) is 0 Å². The normalized spacial score (nSPS) is 12.3. The number of carbonyl (C=O) groups excluding carboxylic acids is 3. The second kappa shape index (κ2) is 34.5. The molecule has 0 heterocycles. The molecular formula is C39H68O6. The molecule has 0 aromatic heterocycles. The molecule has 0 amide bonds. The summed E-state index contributed by atoms with van der Waals surface area (Å²) in [5.41, 5.74) is 0. The van der Waals surface area contributed by atoms with Gasteiger partial charge in [0.15, 0.2) is 6.10 Å². The Morgan fingerprint density at radius 2 is 0.956 bits per heavy atom. The third kappa shape index (κ3) is 34.3. The summed E-state index contributed by atoms with van der Waals surface area (Å²) in [5.74, 6) is -1.10. The molecule has 0 aliphatic heterocycles. The third-order valence-corrected chi connectivity index (χ3v) is 7.72. The van der Waals surface area contributed by atoms with E-state index in [0.717, 1.165) is 77.0 Å². The lowest BCUT2D eigenvalue weighted by atomic mass is 10.0. The average molecular weight is 633 g/mol. The van der Waals surface area contributed by atoms with Gasteiger partial charge in [-0.3, -0.25) is 14.4 Å². The fraction of sp³-hybridized carbons (Fsp3) is 0.769. The Bertz CT molecular complexity index is 784. The minimum absolute atomic E-state index is 0.0878. The Morgan fingerprint density at radius 1 is 0.511 bits per heavy atom. The number of hydrogen-bond acceptors (Lipinski definition) is 6. The molecule has 1 atom stereocenters. The van der Waals surface area contributed by atoms with Crippen molar-refractivity contribution in [2.24, 2.45) is 0 Å². The largest absolute Gasteiger partial charge is 0.462 e. The molecule has 0 N–H and O–H groups in total. The highest BCUT2D eigenvalue weighted by molar-refractivity contribution is 5.70. The number of carbonyl (C=O) groups is 3. The van der Waals surface area contributed by atoms with Crippen LogP contribution in [0.2, 0.25) is 0 Å². The maximum Gasteiger partial charge on any atom is 0.306 e. The second-order valence-corrected chi connectivity index (χ2v) is 12.2. The standard InChI is InChI=1S/C39H68O6/c1-4-6-8-10-12-14-16-18-19-21-23-25-27-29-31-33-39(42)45-37(34-43-36(3)40)35-44-38(41)32-30-28-26-24-22-20-17-15-13-11-9-7-5-2/h6,8,12,14,18-19,37H,4-5,7,9-11,13,15-17,20-35H2,1-3H3/b8-6-,14-12-,19-18-/t37-/m1/s1. The van der Waals surface area contributed by atoms with Crippen LogP contribution >= 0.6 is 0 Å². The van der Waals surface area contributed by atoms with Gasteiger partial charge in [-0.25, -0.2) is 0 Å². The van der Waals surface area contributed by atoms with Gasteiger partial charge in [0.05, 0.1) is 0 Å². The van der Waals surface area contributed by atoms with Crippen molar-refractivity contribution in [1.82, 2.24) is 0 Å². The van der Waals surface area contributed by atoms with Crippen LogP contribution in [-0.4, -0.2) is 37.2 Å². The molecule has 0 aromatic carbocycles. The fourth-order valence-corrected chi connectivity index (χ4v) is 5.00. The molecule has 0 unspecified atom stereocenters. The average Bonchev–Trinajstić information content (AvgIpc) is 3.02. The third-order valence-electron chi connectivity index (χ3n) is 7.72. The quantitative estimate of drug-likeness (QED) is 0.0318. The van der Waals surface area contributed by atoms with Crippen LogP contribution in [0, 0.1) is 0 Å². The molecule has 260 valence electrons. The van der Waals surface area contributed by atoms with Crippen LogP contribution < -0.4 is 0 Å². The van der Waals surface area contributed by atoms with Crippen molar-refractivity contribution in [2.45, 2.75) is 181 Å². The summed E-state index contributed by atoms with van der Waals surface area (Å²) in [7, 11) is 0. The minimum atomic E-state index is -0.772. The van der Waals surface area contributed by atoms with Gasteiger partial charge in [0, 0.05) is 19.8 Å². The van der Waals surface area contributed by atoms with Gasteiger partial charge in [-0.15, -0.1) is 0 Å². The summed E-state index contributed by atoms with van der Waals surface area (Å²) >= 11 is 0. The second-order valence-electron chi connectivity index (χ2n) is 12.2. The zero-order chi connectivity index (χ0) is 33.1. The number of esters is 3. The molecule has 0 aliphatic carbocycles. The Labute approximate surface area is 276 Å². The van der Waals surface area contributed by atoms with Crippen molar-refractivity contribution < 1.29 is 28.6 Å². The van der Waals surface area contributed by atoms with Crippen molar-refractivity contribution in [1.29, 1.82) is 0 Å². The lowest BCUT2D eigenvalue weighted by Crippen LogP contribution is -2.30. The molecule has 0 saturated carbocycles. The van der Waals surface area contributed by atoms with Gasteiger partial charge >= 0.3 is 17.9 Å². The van der Waals surface area contributed by atoms with Crippen LogP contribution in [0.1, 0.15) is 175 Å². The molecule has 0 spiro atoms. The minimum Gasteiger partial charge on any atom is -0.462 e. The van der Waals surface area contributed by atoms with Crippen molar-refractivity contribution in [2.75, 3.05) is 13.2 Å². The topological polar surface area (TPSA) is 78.9 Å². The molecule has 45 heavy (non-hydrogen) atoms. The van der Waals surface area contributed by atoms with E-state index in [1.165, 1.54) is 71.1 Å². The Kier molecular flexibility index (Phi) is 32.7. The molecule has 0 radical (unpaired) electrons. The van der Waals surface area contributed by atoms with Crippen LogP contribution in [-0.2, 0) is 28.6 Å². The van der Waals surface area contributed by atoms with Gasteiger partial charge in [-0.1, -0.05) is 147 Å². The summed E-state index contributed by atoms with van der Waals surface area (Å²) in [5, 5.41) is 0. The summed E-state index contributed by atoms with van der Waals surface area (Å²) in [6.45, 7) is 5.51. The molecule has 6 nitrogen and oxygen atoms in total. The van der Waals surface area contributed by atoms with E-state index in [9.17, 15) is 14.4 Å². The molecule has 0 rings (SSSR count). The number of rotatable bonds is 32. The van der Waals surface area contributed by atoms with E-state index < -0.39 is 12.1 Å². The fourth-order valence-electron chi connectivity index (χ4n) is 5.00.